The lowest BCUT2D eigenvalue weighted by molar-refractivity contribution is 0.518. The zero-order valence-electron chi connectivity index (χ0n) is 8.48. The highest BCUT2D eigenvalue weighted by atomic mass is 19.1. The molecular formula is C11H15F2N. The molecule has 0 aromatic heterocycles. The molecule has 3 heteroatoms. The van der Waals surface area contributed by atoms with Gasteiger partial charge in [0.05, 0.1) is 0 Å². The molecule has 1 N–H and O–H groups in total. The molecule has 0 bridgehead atoms. The Hall–Kier alpha value is -0.960. The number of likely N-dealkylation sites (N-methyl/N-ethyl adjacent to an activating group) is 1. The van der Waals surface area contributed by atoms with Gasteiger partial charge in [0.25, 0.3) is 0 Å². The van der Waals surface area contributed by atoms with Crippen molar-refractivity contribution in [2.24, 2.45) is 0 Å². The van der Waals surface area contributed by atoms with Crippen molar-refractivity contribution in [3.8, 4) is 0 Å². The summed E-state index contributed by atoms with van der Waals surface area (Å²) in [4.78, 5) is 0. The summed E-state index contributed by atoms with van der Waals surface area (Å²) in [6.45, 7) is 5.17. The maximum absolute atomic E-state index is 13.3. The maximum Gasteiger partial charge on any atom is 0.129 e. The first-order valence-corrected chi connectivity index (χ1v) is 4.81. The van der Waals surface area contributed by atoms with E-state index in [4.69, 9.17) is 0 Å². The molecule has 1 aromatic rings. The molecule has 1 rings (SSSR count). The summed E-state index contributed by atoms with van der Waals surface area (Å²) in [7, 11) is 0. The zero-order chi connectivity index (χ0) is 10.6. The number of halogens is 2. The maximum atomic E-state index is 13.3. The molecule has 0 saturated heterocycles. The van der Waals surface area contributed by atoms with Crippen LogP contribution >= 0.6 is 0 Å². The Morgan fingerprint density at radius 3 is 2.36 bits per heavy atom. The quantitative estimate of drug-likeness (QED) is 0.786. The highest BCUT2D eigenvalue weighted by Crippen LogP contribution is 2.21. The Bertz CT molecular complexity index is 279. The van der Waals surface area contributed by atoms with Crippen LogP contribution < -0.4 is 5.32 Å². The van der Waals surface area contributed by atoms with Gasteiger partial charge in [0.15, 0.2) is 0 Å². The van der Waals surface area contributed by atoms with Crippen LogP contribution in [0.5, 0.6) is 0 Å². The van der Waals surface area contributed by atoms with Gasteiger partial charge in [-0.2, -0.15) is 0 Å². The first kappa shape index (κ1) is 11.1. The van der Waals surface area contributed by atoms with Crippen molar-refractivity contribution < 1.29 is 8.78 Å². The predicted octanol–water partition coefficient (Wildman–Crippen LogP) is 2.68. The average molecular weight is 199 g/mol. The van der Waals surface area contributed by atoms with Crippen LogP contribution in [-0.2, 0) is 0 Å². The molecule has 1 unspecified atom stereocenters. The number of hydrogen-bond donors (Lipinski definition) is 1. The summed E-state index contributed by atoms with van der Waals surface area (Å²) in [6.07, 6.45) is 0. The molecule has 0 saturated carbocycles. The molecule has 1 nitrogen and oxygen atoms in total. The van der Waals surface area contributed by atoms with Crippen LogP contribution in [0.3, 0.4) is 0 Å². The molecule has 0 aliphatic rings. The number of benzene rings is 1. The van der Waals surface area contributed by atoms with Crippen LogP contribution in [0, 0.1) is 11.6 Å². The van der Waals surface area contributed by atoms with Gasteiger partial charge in [0.1, 0.15) is 11.6 Å². The summed E-state index contributed by atoms with van der Waals surface area (Å²) < 4.78 is 26.5. The van der Waals surface area contributed by atoms with Crippen molar-refractivity contribution in [1.29, 1.82) is 0 Å². The van der Waals surface area contributed by atoms with Gasteiger partial charge in [-0.05, 0) is 24.6 Å². The minimum atomic E-state index is -0.463. The SMILES string of the molecule is CCNCC(C)c1c(F)cccc1F. The van der Waals surface area contributed by atoms with Crippen molar-refractivity contribution in [3.05, 3.63) is 35.4 Å². The fourth-order valence-corrected chi connectivity index (χ4v) is 1.44. The number of nitrogens with one attached hydrogen (secondary N) is 1. The van der Waals surface area contributed by atoms with Gasteiger partial charge in [-0.3, -0.25) is 0 Å². The summed E-state index contributed by atoms with van der Waals surface area (Å²) in [6, 6.07) is 3.97. The zero-order valence-corrected chi connectivity index (χ0v) is 8.48. The lowest BCUT2D eigenvalue weighted by Gasteiger charge is -2.13. The smallest absolute Gasteiger partial charge is 0.129 e. The minimum Gasteiger partial charge on any atom is -0.316 e. The summed E-state index contributed by atoms with van der Waals surface area (Å²) >= 11 is 0. The molecule has 0 heterocycles. The molecular weight excluding hydrogens is 184 g/mol. The molecule has 78 valence electrons. The summed E-state index contributed by atoms with van der Waals surface area (Å²) in [5, 5.41) is 3.07. The fraction of sp³-hybridized carbons (Fsp3) is 0.455. The minimum absolute atomic E-state index is 0.142. The van der Waals surface area contributed by atoms with Crippen LogP contribution in [0.25, 0.3) is 0 Å². The Kier molecular flexibility index (Phi) is 4.01. The van der Waals surface area contributed by atoms with E-state index in [1.54, 1.807) is 0 Å². The highest BCUT2D eigenvalue weighted by molar-refractivity contribution is 5.23. The molecule has 0 aliphatic heterocycles. The first-order chi connectivity index (χ1) is 6.66. The normalized spacial score (nSPS) is 12.9. The van der Waals surface area contributed by atoms with Gasteiger partial charge in [-0.25, -0.2) is 8.78 Å². The average Bonchev–Trinajstić information content (AvgIpc) is 2.14. The molecule has 14 heavy (non-hydrogen) atoms. The van der Waals surface area contributed by atoms with E-state index in [2.05, 4.69) is 5.32 Å². The van der Waals surface area contributed by atoms with Crippen molar-refractivity contribution in [2.75, 3.05) is 13.1 Å². The Balaban J connectivity index is 2.82. The third-order valence-electron chi connectivity index (χ3n) is 2.19. The van der Waals surface area contributed by atoms with Crippen molar-refractivity contribution in [3.63, 3.8) is 0 Å². The van der Waals surface area contributed by atoms with E-state index in [9.17, 15) is 8.78 Å². The van der Waals surface area contributed by atoms with Gasteiger partial charge < -0.3 is 5.32 Å². The molecule has 0 radical (unpaired) electrons. The van der Waals surface area contributed by atoms with E-state index >= 15 is 0 Å². The van der Waals surface area contributed by atoms with E-state index in [0.29, 0.717) is 6.54 Å². The van der Waals surface area contributed by atoms with Gasteiger partial charge in [-0.1, -0.05) is 19.9 Å². The van der Waals surface area contributed by atoms with Gasteiger partial charge >= 0.3 is 0 Å². The van der Waals surface area contributed by atoms with Crippen LogP contribution in [0.1, 0.15) is 25.3 Å². The number of hydrogen-bond acceptors (Lipinski definition) is 1. The van der Waals surface area contributed by atoms with E-state index < -0.39 is 11.6 Å². The molecule has 0 spiro atoms. The lowest BCUT2D eigenvalue weighted by Crippen LogP contribution is -2.20. The van der Waals surface area contributed by atoms with Crippen LogP contribution in [0.2, 0.25) is 0 Å². The standard InChI is InChI=1S/C11H15F2N/c1-3-14-7-8(2)11-9(12)5-4-6-10(11)13/h4-6,8,14H,3,7H2,1-2H3. The second-order valence-corrected chi connectivity index (χ2v) is 3.34. The van der Waals surface area contributed by atoms with Crippen LogP contribution in [-0.4, -0.2) is 13.1 Å². The van der Waals surface area contributed by atoms with Gasteiger partial charge in [-0.15, -0.1) is 0 Å². The molecule has 1 atom stereocenters. The van der Waals surface area contributed by atoms with Gasteiger partial charge in [0, 0.05) is 12.1 Å². The van der Waals surface area contributed by atoms with Crippen molar-refractivity contribution in [2.45, 2.75) is 19.8 Å². The first-order valence-electron chi connectivity index (χ1n) is 4.81. The predicted molar refractivity (Wildman–Crippen MR) is 53.3 cm³/mol. The van der Waals surface area contributed by atoms with Crippen LogP contribution in [0.4, 0.5) is 8.78 Å². The monoisotopic (exact) mass is 199 g/mol. The third-order valence-corrected chi connectivity index (χ3v) is 2.19. The van der Waals surface area contributed by atoms with E-state index in [0.717, 1.165) is 6.54 Å². The Morgan fingerprint density at radius 1 is 1.29 bits per heavy atom. The fourth-order valence-electron chi connectivity index (χ4n) is 1.44. The largest absolute Gasteiger partial charge is 0.316 e. The van der Waals surface area contributed by atoms with E-state index in [1.807, 2.05) is 13.8 Å². The van der Waals surface area contributed by atoms with Crippen molar-refractivity contribution >= 4 is 0 Å². The van der Waals surface area contributed by atoms with E-state index in [-0.39, 0.29) is 11.5 Å². The Morgan fingerprint density at radius 2 is 1.86 bits per heavy atom. The topological polar surface area (TPSA) is 12.0 Å². The Labute approximate surface area is 83.1 Å². The van der Waals surface area contributed by atoms with E-state index in [1.165, 1.54) is 18.2 Å². The second kappa shape index (κ2) is 5.05. The molecule has 0 aliphatic carbocycles. The van der Waals surface area contributed by atoms with Crippen molar-refractivity contribution in [1.82, 2.24) is 5.32 Å². The lowest BCUT2D eigenvalue weighted by atomic mass is 10.00. The molecule has 0 fully saturated rings. The molecule has 0 amide bonds. The highest BCUT2D eigenvalue weighted by Gasteiger charge is 2.14. The number of rotatable bonds is 4. The molecule has 1 aromatic carbocycles. The van der Waals surface area contributed by atoms with Gasteiger partial charge in [0.2, 0.25) is 0 Å². The third kappa shape index (κ3) is 2.51. The summed E-state index contributed by atoms with van der Waals surface area (Å²) in [5.74, 6) is -1.07. The second-order valence-electron chi connectivity index (χ2n) is 3.34. The summed E-state index contributed by atoms with van der Waals surface area (Å²) in [5.41, 5.74) is 0.174. The van der Waals surface area contributed by atoms with Crippen LogP contribution in [0.15, 0.2) is 18.2 Å².